The minimum Gasteiger partial charge on any atom is -0.336 e. The Morgan fingerprint density at radius 2 is 2.44 bits per heavy atom. The predicted octanol–water partition coefficient (Wildman–Crippen LogP) is 2.41. The van der Waals surface area contributed by atoms with Crippen LogP contribution in [0.15, 0.2) is 17.5 Å². The zero-order chi connectivity index (χ0) is 13.0. The van der Waals surface area contributed by atoms with Gasteiger partial charge in [0.1, 0.15) is 0 Å². The first-order valence-electron chi connectivity index (χ1n) is 6.69. The van der Waals surface area contributed by atoms with Gasteiger partial charge >= 0.3 is 0 Å². The topological polar surface area (TPSA) is 46.3 Å². The van der Waals surface area contributed by atoms with E-state index >= 15 is 0 Å². The van der Waals surface area contributed by atoms with Crippen molar-refractivity contribution in [2.24, 2.45) is 5.73 Å². The van der Waals surface area contributed by atoms with Gasteiger partial charge in [-0.3, -0.25) is 4.79 Å². The highest BCUT2D eigenvalue weighted by atomic mass is 32.1. The van der Waals surface area contributed by atoms with Crippen LogP contribution in [0.3, 0.4) is 0 Å². The average molecular weight is 266 g/mol. The minimum atomic E-state index is -0.0972. The number of aryl methyl sites for hydroxylation is 1. The van der Waals surface area contributed by atoms with Gasteiger partial charge in [0.15, 0.2) is 0 Å². The molecule has 1 amide bonds. The second kappa shape index (κ2) is 5.85. The first-order valence-corrected chi connectivity index (χ1v) is 7.56. The van der Waals surface area contributed by atoms with Crippen molar-refractivity contribution in [3.05, 3.63) is 22.4 Å². The normalized spacial score (nSPS) is 23.6. The molecule has 1 saturated heterocycles. The summed E-state index contributed by atoms with van der Waals surface area (Å²) in [5.74, 6) is 0.275. The van der Waals surface area contributed by atoms with E-state index < -0.39 is 0 Å². The number of likely N-dealkylation sites (tertiary alicyclic amines) is 1. The van der Waals surface area contributed by atoms with Crippen molar-refractivity contribution in [2.75, 3.05) is 13.1 Å². The number of hydrogen-bond donors (Lipinski definition) is 1. The Bertz CT molecular complexity index is 391. The maximum absolute atomic E-state index is 12.2. The lowest BCUT2D eigenvalue weighted by Crippen LogP contribution is -2.49. The summed E-state index contributed by atoms with van der Waals surface area (Å²) in [5, 5.41) is 2.09. The van der Waals surface area contributed by atoms with Gasteiger partial charge < -0.3 is 10.6 Å². The molecule has 1 aromatic rings. The molecule has 18 heavy (non-hydrogen) atoms. The Hall–Kier alpha value is -0.870. The molecule has 2 rings (SSSR count). The SMILES string of the molecule is CC1(CN)CCCN1C(=O)CCCc1cccs1. The summed E-state index contributed by atoms with van der Waals surface area (Å²) < 4.78 is 0. The number of carbonyl (C=O) groups is 1. The van der Waals surface area contributed by atoms with Crippen molar-refractivity contribution in [3.8, 4) is 0 Å². The molecule has 1 aliphatic heterocycles. The molecule has 2 heterocycles. The lowest BCUT2D eigenvalue weighted by atomic mass is 9.99. The van der Waals surface area contributed by atoms with Gasteiger partial charge in [-0.2, -0.15) is 0 Å². The molecule has 0 bridgehead atoms. The Morgan fingerprint density at radius 1 is 1.61 bits per heavy atom. The lowest BCUT2D eigenvalue weighted by Gasteiger charge is -2.34. The largest absolute Gasteiger partial charge is 0.336 e. The summed E-state index contributed by atoms with van der Waals surface area (Å²) in [4.78, 5) is 15.6. The van der Waals surface area contributed by atoms with E-state index in [0.717, 1.165) is 32.2 Å². The number of thiophene rings is 1. The third-order valence-electron chi connectivity index (χ3n) is 3.88. The second-order valence-electron chi connectivity index (χ2n) is 5.28. The highest BCUT2D eigenvalue weighted by Gasteiger charge is 2.37. The van der Waals surface area contributed by atoms with E-state index in [1.165, 1.54) is 4.88 Å². The standard InChI is InChI=1S/C14H22N2OS/c1-14(11-15)8-4-9-16(14)13(17)7-2-5-12-6-3-10-18-12/h3,6,10H,2,4-5,7-9,11,15H2,1H3. The van der Waals surface area contributed by atoms with E-state index in [4.69, 9.17) is 5.73 Å². The van der Waals surface area contributed by atoms with E-state index in [2.05, 4.69) is 24.4 Å². The van der Waals surface area contributed by atoms with Crippen LogP contribution in [0.2, 0.25) is 0 Å². The molecule has 1 atom stereocenters. The quantitative estimate of drug-likeness (QED) is 0.889. The van der Waals surface area contributed by atoms with Gasteiger partial charge in [0.25, 0.3) is 0 Å². The fourth-order valence-electron chi connectivity index (χ4n) is 2.66. The van der Waals surface area contributed by atoms with Crippen molar-refractivity contribution in [1.29, 1.82) is 0 Å². The van der Waals surface area contributed by atoms with Gasteiger partial charge in [0.05, 0.1) is 5.54 Å². The highest BCUT2D eigenvalue weighted by Crippen LogP contribution is 2.28. The smallest absolute Gasteiger partial charge is 0.223 e. The molecule has 1 aliphatic rings. The Labute approximate surface area is 113 Å². The molecular formula is C14H22N2OS. The molecule has 0 spiro atoms. The van der Waals surface area contributed by atoms with Gasteiger partial charge in [-0.25, -0.2) is 0 Å². The van der Waals surface area contributed by atoms with Crippen LogP contribution in [0.1, 0.15) is 37.5 Å². The average Bonchev–Trinajstić information content (AvgIpc) is 2.99. The van der Waals surface area contributed by atoms with Crippen LogP contribution in [-0.2, 0) is 11.2 Å². The first-order chi connectivity index (χ1) is 8.65. The Kier molecular flexibility index (Phi) is 4.40. The zero-order valence-electron chi connectivity index (χ0n) is 11.0. The molecule has 3 nitrogen and oxygen atoms in total. The molecule has 1 fully saturated rings. The van der Waals surface area contributed by atoms with Gasteiger partial charge in [-0.05, 0) is 44.1 Å². The van der Waals surface area contributed by atoms with Crippen LogP contribution >= 0.6 is 11.3 Å². The van der Waals surface area contributed by atoms with Crippen LogP contribution < -0.4 is 5.73 Å². The number of hydrogen-bond acceptors (Lipinski definition) is 3. The summed E-state index contributed by atoms with van der Waals surface area (Å²) >= 11 is 1.77. The molecular weight excluding hydrogens is 244 g/mol. The predicted molar refractivity (Wildman–Crippen MR) is 75.7 cm³/mol. The van der Waals surface area contributed by atoms with Crippen LogP contribution in [-0.4, -0.2) is 29.4 Å². The van der Waals surface area contributed by atoms with Crippen molar-refractivity contribution in [1.82, 2.24) is 4.90 Å². The van der Waals surface area contributed by atoms with Gasteiger partial charge in [0.2, 0.25) is 5.91 Å². The van der Waals surface area contributed by atoms with Gasteiger partial charge in [-0.15, -0.1) is 11.3 Å². The number of nitrogens with two attached hydrogens (primary N) is 1. The van der Waals surface area contributed by atoms with E-state index in [0.29, 0.717) is 13.0 Å². The van der Waals surface area contributed by atoms with E-state index in [1.807, 2.05) is 4.90 Å². The van der Waals surface area contributed by atoms with Crippen LogP contribution in [0.25, 0.3) is 0 Å². The molecule has 0 aromatic carbocycles. The van der Waals surface area contributed by atoms with Crippen LogP contribution in [0.4, 0.5) is 0 Å². The maximum atomic E-state index is 12.2. The monoisotopic (exact) mass is 266 g/mol. The molecule has 0 saturated carbocycles. The summed E-state index contributed by atoms with van der Waals surface area (Å²) in [6.45, 7) is 3.56. The Balaban J connectivity index is 1.81. The minimum absolute atomic E-state index is 0.0972. The summed E-state index contributed by atoms with van der Waals surface area (Å²) in [6, 6.07) is 4.20. The van der Waals surface area contributed by atoms with E-state index in [9.17, 15) is 4.79 Å². The fourth-order valence-corrected chi connectivity index (χ4v) is 3.42. The first kappa shape index (κ1) is 13.6. The number of carbonyl (C=O) groups excluding carboxylic acids is 1. The maximum Gasteiger partial charge on any atom is 0.223 e. The van der Waals surface area contributed by atoms with E-state index in [-0.39, 0.29) is 11.4 Å². The highest BCUT2D eigenvalue weighted by molar-refractivity contribution is 7.09. The molecule has 100 valence electrons. The van der Waals surface area contributed by atoms with Crippen LogP contribution in [0, 0.1) is 0 Å². The molecule has 0 aliphatic carbocycles. The summed E-state index contributed by atoms with van der Waals surface area (Å²) in [5.41, 5.74) is 5.71. The molecule has 1 unspecified atom stereocenters. The molecule has 1 aromatic heterocycles. The van der Waals surface area contributed by atoms with Crippen molar-refractivity contribution in [3.63, 3.8) is 0 Å². The number of nitrogens with zero attached hydrogens (tertiary/aromatic N) is 1. The Morgan fingerprint density at radius 3 is 3.11 bits per heavy atom. The molecule has 4 heteroatoms. The summed E-state index contributed by atoms with van der Waals surface area (Å²) in [6.07, 6.45) is 4.73. The van der Waals surface area contributed by atoms with Crippen molar-refractivity contribution < 1.29 is 4.79 Å². The third kappa shape index (κ3) is 2.93. The fraction of sp³-hybridized carbons (Fsp3) is 0.643. The third-order valence-corrected chi connectivity index (χ3v) is 4.82. The van der Waals surface area contributed by atoms with E-state index in [1.54, 1.807) is 11.3 Å². The molecule has 2 N–H and O–H groups in total. The van der Waals surface area contributed by atoms with Crippen molar-refractivity contribution >= 4 is 17.2 Å². The van der Waals surface area contributed by atoms with Crippen molar-refractivity contribution in [2.45, 2.75) is 44.6 Å². The van der Waals surface area contributed by atoms with Gasteiger partial charge in [0, 0.05) is 24.4 Å². The molecule has 0 radical (unpaired) electrons. The number of amides is 1. The van der Waals surface area contributed by atoms with Gasteiger partial charge in [-0.1, -0.05) is 6.07 Å². The lowest BCUT2D eigenvalue weighted by molar-refractivity contribution is -0.134. The van der Waals surface area contributed by atoms with Crippen LogP contribution in [0.5, 0.6) is 0 Å². The second-order valence-corrected chi connectivity index (χ2v) is 6.32. The number of rotatable bonds is 5. The zero-order valence-corrected chi connectivity index (χ0v) is 11.8. The summed E-state index contributed by atoms with van der Waals surface area (Å²) in [7, 11) is 0.